The molecule has 2 aromatic rings. The van der Waals surface area contributed by atoms with Gasteiger partial charge in [-0.25, -0.2) is 4.79 Å². The number of Topliss-reactive ketones (excluding diaryl/α,β-unsaturated/α-hetero) is 1. The van der Waals surface area contributed by atoms with Gasteiger partial charge in [0.2, 0.25) is 0 Å². The molecule has 2 aromatic carbocycles. The number of benzene rings is 2. The Balaban J connectivity index is 1.72. The van der Waals surface area contributed by atoms with Crippen LogP contribution in [0.25, 0.3) is 0 Å². The van der Waals surface area contributed by atoms with Crippen molar-refractivity contribution in [1.29, 1.82) is 0 Å². The second-order valence-corrected chi connectivity index (χ2v) is 8.96. The van der Waals surface area contributed by atoms with E-state index in [0.717, 1.165) is 12.1 Å². The molecule has 1 heterocycles. The average molecular weight is 530 g/mol. The molecule has 0 radical (unpaired) electrons. The monoisotopic (exact) mass is 530 g/mol. The Morgan fingerprint density at radius 2 is 1.95 bits per heavy atom. The smallest absolute Gasteiger partial charge is 0.416 e. The first kappa shape index (κ1) is 26.9. The third-order valence-corrected chi connectivity index (χ3v) is 6.43. The van der Waals surface area contributed by atoms with Gasteiger partial charge < -0.3 is 14.8 Å². The molecule has 0 saturated heterocycles. The van der Waals surface area contributed by atoms with Gasteiger partial charge in [-0.3, -0.25) is 14.9 Å². The van der Waals surface area contributed by atoms with Gasteiger partial charge >= 0.3 is 17.8 Å². The van der Waals surface area contributed by atoms with Gasteiger partial charge in [-0.2, -0.15) is 13.2 Å². The molecule has 0 bridgehead atoms. The Labute approximate surface area is 216 Å². The number of hydrogen-bond acceptors (Lipinski definition) is 7. The number of carbonyl (C=O) groups is 2. The summed E-state index contributed by atoms with van der Waals surface area (Å²) in [7, 11) is 0. The van der Waals surface area contributed by atoms with E-state index in [1.807, 2.05) is 0 Å². The third kappa shape index (κ3) is 5.41. The molecule has 0 aromatic heterocycles. The average Bonchev–Trinajstić information content (AvgIpc) is 2.86. The molecular formula is C27H25F3N2O6. The van der Waals surface area contributed by atoms with E-state index in [4.69, 9.17) is 9.47 Å². The van der Waals surface area contributed by atoms with Crippen LogP contribution in [0.2, 0.25) is 0 Å². The molecule has 4 rings (SSSR count). The van der Waals surface area contributed by atoms with Crippen LogP contribution < -0.4 is 10.1 Å². The molecule has 0 spiro atoms. The molecule has 0 fully saturated rings. The number of nitro groups is 1. The highest BCUT2D eigenvalue weighted by Crippen LogP contribution is 2.44. The SMILES string of the molecule is CCOC(=O)C1=C(C)NC2=C(C(=O)CCC2)[C@@H]1c1ccc(OCc2cccc(C(F)(F)F)c2)c([N+](=O)[O-])c1. The predicted octanol–water partition coefficient (Wildman–Crippen LogP) is 5.72. The fraction of sp³-hybridized carbons (Fsp3) is 0.333. The van der Waals surface area contributed by atoms with Crippen molar-refractivity contribution < 1.29 is 37.2 Å². The third-order valence-electron chi connectivity index (χ3n) is 6.43. The largest absolute Gasteiger partial charge is 0.482 e. The molecule has 2 aliphatic rings. The van der Waals surface area contributed by atoms with E-state index in [0.29, 0.717) is 35.4 Å². The Morgan fingerprint density at radius 1 is 1.18 bits per heavy atom. The number of carbonyl (C=O) groups excluding carboxylic acids is 2. The number of alkyl halides is 3. The fourth-order valence-corrected chi connectivity index (χ4v) is 4.77. The number of ether oxygens (including phenoxy) is 2. The molecule has 200 valence electrons. The van der Waals surface area contributed by atoms with Crippen LogP contribution in [0.3, 0.4) is 0 Å². The van der Waals surface area contributed by atoms with Gasteiger partial charge in [0.05, 0.1) is 22.7 Å². The molecule has 8 nitrogen and oxygen atoms in total. The quantitative estimate of drug-likeness (QED) is 0.277. The fourth-order valence-electron chi connectivity index (χ4n) is 4.77. The zero-order chi connectivity index (χ0) is 27.6. The van der Waals surface area contributed by atoms with Crippen LogP contribution in [0.15, 0.2) is 65.0 Å². The van der Waals surface area contributed by atoms with Crippen LogP contribution in [-0.2, 0) is 27.1 Å². The zero-order valence-corrected chi connectivity index (χ0v) is 20.7. The number of nitrogens with one attached hydrogen (secondary N) is 1. The highest BCUT2D eigenvalue weighted by molar-refractivity contribution is 6.03. The summed E-state index contributed by atoms with van der Waals surface area (Å²) >= 11 is 0. The summed E-state index contributed by atoms with van der Waals surface area (Å²) < 4.78 is 49.9. The molecule has 1 atom stereocenters. The van der Waals surface area contributed by atoms with Crippen LogP contribution in [0.1, 0.15) is 55.7 Å². The molecule has 1 N–H and O–H groups in total. The highest BCUT2D eigenvalue weighted by Gasteiger charge is 2.40. The first-order valence-electron chi connectivity index (χ1n) is 12.0. The van der Waals surface area contributed by atoms with E-state index in [1.165, 1.54) is 30.3 Å². The molecule has 0 saturated carbocycles. The first-order valence-corrected chi connectivity index (χ1v) is 12.0. The van der Waals surface area contributed by atoms with Crippen molar-refractivity contribution >= 4 is 17.4 Å². The van der Waals surface area contributed by atoms with Gasteiger partial charge in [-0.1, -0.05) is 18.2 Å². The predicted molar refractivity (Wildman–Crippen MR) is 130 cm³/mol. The van der Waals surface area contributed by atoms with Gasteiger partial charge in [0.25, 0.3) is 0 Å². The summed E-state index contributed by atoms with van der Waals surface area (Å²) in [5.41, 5.74) is 0.934. The summed E-state index contributed by atoms with van der Waals surface area (Å²) in [4.78, 5) is 37.2. The molecule has 0 amide bonds. The van der Waals surface area contributed by atoms with Crippen LogP contribution in [0, 0.1) is 10.1 Å². The minimum absolute atomic E-state index is 0.102. The second-order valence-electron chi connectivity index (χ2n) is 8.96. The van der Waals surface area contributed by atoms with Crippen molar-refractivity contribution in [1.82, 2.24) is 5.32 Å². The minimum Gasteiger partial charge on any atom is -0.482 e. The summed E-state index contributed by atoms with van der Waals surface area (Å²) in [5, 5.41) is 15.1. The molecule has 1 aliphatic carbocycles. The van der Waals surface area contributed by atoms with Gasteiger partial charge in [0.15, 0.2) is 11.5 Å². The van der Waals surface area contributed by atoms with Crippen LogP contribution in [-0.4, -0.2) is 23.3 Å². The van der Waals surface area contributed by atoms with Crippen LogP contribution in [0.4, 0.5) is 18.9 Å². The van der Waals surface area contributed by atoms with Gasteiger partial charge in [-0.05, 0) is 56.0 Å². The summed E-state index contributed by atoms with van der Waals surface area (Å²) in [5.74, 6) is -1.84. The van der Waals surface area contributed by atoms with E-state index in [-0.39, 0.29) is 42.3 Å². The Hall–Kier alpha value is -4.15. The molecule has 0 unspecified atom stereocenters. The van der Waals surface area contributed by atoms with Gasteiger partial charge in [0, 0.05) is 35.4 Å². The number of esters is 1. The van der Waals surface area contributed by atoms with E-state index in [9.17, 15) is 32.9 Å². The van der Waals surface area contributed by atoms with Crippen molar-refractivity contribution in [2.24, 2.45) is 0 Å². The summed E-state index contributed by atoms with van der Waals surface area (Å²) in [6.45, 7) is 3.10. The van der Waals surface area contributed by atoms with E-state index >= 15 is 0 Å². The minimum atomic E-state index is -4.54. The summed E-state index contributed by atoms with van der Waals surface area (Å²) in [6.07, 6.45) is -3.02. The van der Waals surface area contributed by atoms with Crippen molar-refractivity contribution in [2.75, 3.05) is 6.61 Å². The number of rotatable bonds is 7. The lowest BCUT2D eigenvalue weighted by atomic mass is 9.75. The number of hydrogen-bond donors (Lipinski definition) is 1. The highest BCUT2D eigenvalue weighted by atomic mass is 19.4. The van der Waals surface area contributed by atoms with E-state index < -0.39 is 34.2 Å². The maximum Gasteiger partial charge on any atom is 0.416 e. The zero-order valence-electron chi connectivity index (χ0n) is 20.7. The normalized spacial score (nSPS) is 17.6. The van der Waals surface area contributed by atoms with Gasteiger partial charge in [0.1, 0.15) is 6.61 Å². The van der Waals surface area contributed by atoms with E-state index in [1.54, 1.807) is 13.8 Å². The molecule has 11 heteroatoms. The van der Waals surface area contributed by atoms with Crippen molar-refractivity contribution in [3.63, 3.8) is 0 Å². The Bertz CT molecular complexity index is 1360. The maximum atomic E-state index is 13.0. The van der Waals surface area contributed by atoms with E-state index in [2.05, 4.69) is 5.32 Å². The molecular weight excluding hydrogens is 505 g/mol. The van der Waals surface area contributed by atoms with Crippen molar-refractivity contribution in [3.8, 4) is 5.75 Å². The molecule has 38 heavy (non-hydrogen) atoms. The van der Waals surface area contributed by atoms with Crippen molar-refractivity contribution in [2.45, 2.75) is 51.8 Å². The Kier molecular flexibility index (Phi) is 7.56. The Morgan fingerprint density at radius 3 is 2.63 bits per heavy atom. The maximum absolute atomic E-state index is 13.0. The lowest BCUT2D eigenvalue weighted by molar-refractivity contribution is -0.386. The van der Waals surface area contributed by atoms with Gasteiger partial charge in [-0.15, -0.1) is 0 Å². The van der Waals surface area contributed by atoms with Crippen molar-refractivity contribution in [3.05, 3.63) is 91.8 Å². The second kappa shape index (κ2) is 10.7. The standard InChI is InChI=1S/C27H25F3N2O6/c1-3-37-26(34)23-15(2)31-19-8-5-9-21(33)25(19)24(23)17-10-11-22(20(13-17)32(35)36)38-14-16-6-4-7-18(12-16)27(28,29)30/h4,6-7,10-13,24,31H,3,5,8-9,14H2,1-2H3/t24-/m1/s1. The number of halogens is 3. The van der Waals surface area contributed by atoms with Crippen LogP contribution >= 0.6 is 0 Å². The number of ketones is 1. The summed E-state index contributed by atoms with van der Waals surface area (Å²) in [6, 6.07) is 8.57. The lowest BCUT2D eigenvalue weighted by Crippen LogP contribution is -2.34. The number of nitro benzene ring substituents is 1. The van der Waals surface area contributed by atoms with Crippen LogP contribution in [0.5, 0.6) is 5.75 Å². The first-order chi connectivity index (χ1) is 18.0. The number of dihydropyridines is 1. The lowest BCUT2D eigenvalue weighted by Gasteiger charge is -2.34. The molecule has 1 aliphatic heterocycles. The number of allylic oxidation sites excluding steroid dienone is 3. The number of nitrogens with zero attached hydrogens (tertiary/aromatic N) is 1. The topological polar surface area (TPSA) is 108 Å².